The molecule has 0 spiro atoms. The van der Waals surface area contributed by atoms with Gasteiger partial charge in [0.25, 0.3) is 0 Å². The van der Waals surface area contributed by atoms with Gasteiger partial charge in [-0.2, -0.15) is 0 Å². The van der Waals surface area contributed by atoms with Gasteiger partial charge in [0.1, 0.15) is 0 Å². The van der Waals surface area contributed by atoms with Crippen LogP contribution in [0.25, 0.3) is 10.9 Å². The zero-order valence-corrected chi connectivity index (χ0v) is 10.6. The molecule has 2 heterocycles. The first-order chi connectivity index (χ1) is 9.24. The van der Waals surface area contributed by atoms with Crippen molar-refractivity contribution in [3.05, 3.63) is 36.5 Å². The largest absolute Gasteiger partial charge is 0.481 e. The average molecular weight is 256 g/mol. The first-order valence-electron chi connectivity index (χ1n) is 6.54. The molecular formula is C15H16N2O2. The Balaban J connectivity index is 1.87. The van der Waals surface area contributed by atoms with Gasteiger partial charge in [-0.25, -0.2) is 0 Å². The van der Waals surface area contributed by atoms with Crippen molar-refractivity contribution in [1.29, 1.82) is 0 Å². The molecule has 0 saturated carbocycles. The van der Waals surface area contributed by atoms with Crippen LogP contribution < -0.4 is 4.90 Å². The van der Waals surface area contributed by atoms with Crippen LogP contribution in [0.5, 0.6) is 0 Å². The molecule has 1 unspecified atom stereocenters. The highest BCUT2D eigenvalue weighted by atomic mass is 16.4. The van der Waals surface area contributed by atoms with Crippen LogP contribution in [0.3, 0.4) is 0 Å². The lowest BCUT2D eigenvalue weighted by Crippen LogP contribution is -2.20. The summed E-state index contributed by atoms with van der Waals surface area (Å²) in [5.74, 6) is -0.448. The summed E-state index contributed by atoms with van der Waals surface area (Å²) in [6.45, 7) is 1.74. The van der Waals surface area contributed by atoms with Gasteiger partial charge in [0.15, 0.2) is 0 Å². The molecule has 1 aromatic heterocycles. The second kappa shape index (κ2) is 4.88. The summed E-state index contributed by atoms with van der Waals surface area (Å²) in [7, 11) is 0. The number of anilines is 1. The van der Waals surface area contributed by atoms with E-state index in [2.05, 4.69) is 16.0 Å². The molecule has 0 radical (unpaired) electrons. The summed E-state index contributed by atoms with van der Waals surface area (Å²) in [6.07, 6.45) is 3.03. The number of nitrogens with zero attached hydrogens (tertiary/aromatic N) is 2. The minimum Gasteiger partial charge on any atom is -0.481 e. The minimum atomic E-state index is -0.702. The maximum absolute atomic E-state index is 10.8. The van der Waals surface area contributed by atoms with Crippen LogP contribution >= 0.6 is 0 Å². The van der Waals surface area contributed by atoms with Crippen molar-refractivity contribution in [3.8, 4) is 0 Å². The summed E-state index contributed by atoms with van der Waals surface area (Å²) >= 11 is 0. The third-order valence-corrected chi connectivity index (χ3v) is 3.72. The van der Waals surface area contributed by atoms with Gasteiger partial charge in [0.05, 0.1) is 5.52 Å². The molecule has 98 valence electrons. The lowest BCUT2D eigenvalue weighted by molar-refractivity contribution is -0.137. The van der Waals surface area contributed by atoms with Crippen LogP contribution in [-0.4, -0.2) is 29.1 Å². The van der Waals surface area contributed by atoms with Gasteiger partial charge in [-0.15, -0.1) is 0 Å². The van der Waals surface area contributed by atoms with E-state index in [1.165, 1.54) is 5.69 Å². The molecule has 0 bridgehead atoms. The van der Waals surface area contributed by atoms with Crippen molar-refractivity contribution in [2.75, 3.05) is 18.0 Å². The van der Waals surface area contributed by atoms with Crippen molar-refractivity contribution in [1.82, 2.24) is 4.98 Å². The Bertz CT molecular complexity index is 607. The van der Waals surface area contributed by atoms with Crippen molar-refractivity contribution in [3.63, 3.8) is 0 Å². The maximum atomic E-state index is 10.8. The fraction of sp³-hybridized carbons (Fsp3) is 0.333. The number of fused-ring (bicyclic) bond motifs is 1. The van der Waals surface area contributed by atoms with E-state index >= 15 is 0 Å². The summed E-state index contributed by atoms with van der Waals surface area (Å²) in [5.41, 5.74) is 2.15. The highest BCUT2D eigenvalue weighted by Gasteiger charge is 2.25. The van der Waals surface area contributed by atoms with E-state index in [1.54, 1.807) is 0 Å². The van der Waals surface area contributed by atoms with Crippen LogP contribution in [0.1, 0.15) is 12.8 Å². The van der Waals surface area contributed by atoms with E-state index in [0.717, 1.165) is 30.4 Å². The number of hydrogen-bond donors (Lipinski definition) is 1. The number of aliphatic carboxylic acids is 1. The molecule has 4 nitrogen and oxygen atoms in total. The number of pyridine rings is 1. The maximum Gasteiger partial charge on any atom is 0.303 e. The van der Waals surface area contributed by atoms with E-state index in [4.69, 9.17) is 5.11 Å². The number of carbonyl (C=O) groups is 1. The molecule has 1 aromatic carbocycles. The Morgan fingerprint density at radius 3 is 3.05 bits per heavy atom. The molecule has 4 heteroatoms. The number of para-hydroxylation sites is 1. The number of hydrogen-bond acceptors (Lipinski definition) is 3. The van der Waals surface area contributed by atoms with Gasteiger partial charge in [0, 0.05) is 36.8 Å². The van der Waals surface area contributed by atoms with Crippen molar-refractivity contribution in [2.45, 2.75) is 12.8 Å². The van der Waals surface area contributed by atoms with Gasteiger partial charge < -0.3 is 10.0 Å². The van der Waals surface area contributed by atoms with Gasteiger partial charge in [-0.05, 0) is 24.5 Å². The van der Waals surface area contributed by atoms with Gasteiger partial charge in [-0.3, -0.25) is 9.78 Å². The molecule has 1 N–H and O–H groups in total. The molecule has 0 aliphatic carbocycles. The number of carboxylic acid groups (broad SMARTS) is 1. The Morgan fingerprint density at radius 2 is 2.21 bits per heavy atom. The Labute approximate surface area is 111 Å². The first-order valence-corrected chi connectivity index (χ1v) is 6.54. The van der Waals surface area contributed by atoms with Crippen molar-refractivity contribution in [2.24, 2.45) is 5.92 Å². The monoisotopic (exact) mass is 256 g/mol. The second-order valence-corrected chi connectivity index (χ2v) is 5.05. The van der Waals surface area contributed by atoms with Crippen molar-refractivity contribution < 1.29 is 9.90 Å². The van der Waals surface area contributed by atoms with Crippen LogP contribution in [0.4, 0.5) is 5.69 Å². The second-order valence-electron chi connectivity index (χ2n) is 5.05. The molecule has 19 heavy (non-hydrogen) atoms. The SMILES string of the molecule is O=C(O)CC1CCN(c2ccnc3ccccc23)C1. The molecule has 1 atom stereocenters. The third kappa shape index (κ3) is 2.38. The van der Waals surface area contributed by atoms with Crippen molar-refractivity contribution >= 4 is 22.6 Å². The highest BCUT2D eigenvalue weighted by molar-refractivity contribution is 5.91. The smallest absolute Gasteiger partial charge is 0.303 e. The Hall–Kier alpha value is -2.10. The normalized spacial score (nSPS) is 18.9. The minimum absolute atomic E-state index is 0.254. The van der Waals surface area contributed by atoms with Gasteiger partial charge in [0.2, 0.25) is 0 Å². The summed E-state index contributed by atoms with van der Waals surface area (Å²) in [5, 5.41) is 10.0. The summed E-state index contributed by atoms with van der Waals surface area (Å²) in [6, 6.07) is 10.1. The predicted molar refractivity (Wildman–Crippen MR) is 74.3 cm³/mol. The quantitative estimate of drug-likeness (QED) is 0.917. The standard InChI is InChI=1S/C15H16N2O2/c18-15(19)9-11-6-8-17(10-11)14-5-7-16-13-4-2-1-3-12(13)14/h1-5,7,11H,6,8-10H2,(H,18,19). The fourth-order valence-corrected chi connectivity index (χ4v) is 2.82. The van der Waals surface area contributed by atoms with E-state index in [-0.39, 0.29) is 12.3 Å². The van der Waals surface area contributed by atoms with Gasteiger partial charge >= 0.3 is 5.97 Å². The molecule has 1 fully saturated rings. The molecule has 1 aliphatic rings. The number of benzene rings is 1. The van der Waals surface area contributed by atoms with E-state index < -0.39 is 5.97 Å². The third-order valence-electron chi connectivity index (χ3n) is 3.72. The molecule has 1 aliphatic heterocycles. The number of carboxylic acids is 1. The van der Waals surface area contributed by atoms with Gasteiger partial charge in [-0.1, -0.05) is 18.2 Å². The number of aromatic nitrogens is 1. The summed E-state index contributed by atoms with van der Waals surface area (Å²) in [4.78, 5) is 17.4. The van der Waals surface area contributed by atoms with Crippen LogP contribution in [0, 0.1) is 5.92 Å². The zero-order valence-electron chi connectivity index (χ0n) is 10.6. The first kappa shape index (κ1) is 12.0. The lowest BCUT2D eigenvalue weighted by atomic mass is 10.1. The fourth-order valence-electron chi connectivity index (χ4n) is 2.82. The molecule has 1 saturated heterocycles. The van der Waals surface area contributed by atoms with Crippen LogP contribution in [0.2, 0.25) is 0 Å². The van der Waals surface area contributed by atoms with Crippen LogP contribution in [0.15, 0.2) is 36.5 Å². The molecular weight excluding hydrogens is 240 g/mol. The topological polar surface area (TPSA) is 53.4 Å². The van der Waals surface area contributed by atoms with Crippen LogP contribution in [-0.2, 0) is 4.79 Å². The summed E-state index contributed by atoms with van der Waals surface area (Å²) < 4.78 is 0. The molecule has 0 amide bonds. The predicted octanol–water partition coefficient (Wildman–Crippen LogP) is 2.54. The molecule has 3 rings (SSSR count). The number of rotatable bonds is 3. The van der Waals surface area contributed by atoms with E-state index in [9.17, 15) is 4.79 Å². The zero-order chi connectivity index (χ0) is 13.2. The Morgan fingerprint density at radius 1 is 1.37 bits per heavy atom. The van der Waals surface area contributed by atoms with E-state index in [1.807, 2.05) is 30.5 Å². The Kier molecular flexibility index (Phi) is 3.07. The highest BCUT2D eigenvalue weighted by Crippen LogP contribution is 2.30. The molecule has 2 aromatic rings. The lowest BCUT2D eigenvalue weighted by Gasteiger charge is -2.20. The average Bonchev–Trinajstić information content (AvgIpc) is 2.85. The van der Waals surface area contributed by atoms with E-state index in [0.29, 0.717) is 0 Å².